The summed E-state index contributed by atoms with van der Waals surface area (Å²) in [5.74, 6) is -0.725. The third-order valence-electron chi connectivity index (χ3n) is 4.86. The second kappa shape index (κ2) is 8.63. The van der Waals surface area contributed by atoms with Crippen molar-refractivity contribution in [3.05, 3.63) is 60.2 Å². The van der Waals surface area contributed by atoms with Gasteiger partial charge in [0.05, 0.1) is 10.1 Å². The molecule has 1 amide bonds. The van der Waals surface area contributed by atoms with Gasteiger partial charge in [0.25, 0.3) is 5.91 Å². The van der Waals surface area contributed by atoms with Crippen LogP contribution in [0.5, 0.6) is 0 Å². The summed E-state index contributed by atoms with van der Waals surface area (Å²) in [7, 11) is -3.57. The summed E-state index contributed by atoms with van der Waals surface area (Å²) in [5, 5.41) is 5.05. The van der Waals surface area contributed by atoms with Gasteiger partial charge in [-0.15, -0.1) is 0 Å². The highest BCUT2D eigenvalue weighted by Crippen LogP contribution is 2.39. The minimum absolute atomic E-state index is 0.00254. The lowest BCUT2D eigenvalue weighted by Crippen LogP contribution is -2.33. The molecule has 2 aromatic carbocycles. The van der Waals surface area contributed by atoms with Gasteiger partial charge in [0.15, 0.2) is 16.5 Å². The summed E-state index contributed by atoms with van der Waals surface area (Å²) in [6.45, 7) is 0.480. The van der Waals surface area contributed by atoms with Crippen LogP contribution >= 0.6 is 0 Å². The molecule has 0 aliphatic carbocycles. The Morgan fingerprint density at radius 3 is 2.30 bits per heavy atom. The fourth-order valence-corrected chi connectivity index (χ4v) is 5.68. The molecule has 1 saturated heterocycles. The van der Waals surface area contributed by atoms with Gasteiger partial charge in [-0.1, -0.05) is 30.3 Å². The van der Waals surface area contributed by atoms with E-state index in [9.17, 15) is 17.6 Å². The van der Waals surface area contributed by atoms with Crippen molar-refractivity contribution < 1.29 is 17.6 Å². The van der Waals surface area contributed by atoms with E-state index in [0.29, 0.717) is 16.1 Å². The van der Waals surface area contributed by atoms with Crippen molar-refractivity contribution in [3.63, 3.8) is 0 Å². The highest BCUT2D eigenvalue weighted by atomic mass is 32.2. The first-order valence-electron chi connectivity index (χ1n) is 8.98. The van der Waals surface area contributed by atoms with Gasteiger partial charge in [-0.3, -0.25) is 4.79 Å². The predicted octanol–water partition coefficient (Wildman–Crippen LogP) is 3.11. The van der Waals surface area contributed by atoms with Crippen molar-refractivity contribution in [1.82, 2.24) is 5.32 Å². The number of carbonyl (C=O) groups is 1. The molecule has 2 N–H and O–H groups in total. The minimum atomic E-state index is -3.57. The highest BCUT2D eigenvalue weighted by Gasteiger charge is 2.36. The molecule has 0 aromatic heterocycles. The molecule has 1 fully saturated rings. The van der Waals surface area contributed by atoms with Crippen molar-refractivity contribution in [3.8, 4) is 0 Å². The molecule has 7 heteroatoms. The van der Waals surface area contributed by atoms with Crippen LogP contribution in [-0.2, 0) is 14.6 Å². The Morgan fingerprint density at radius 2 is 1.70 bits per heavy atom. The molecule has 1 aliphatic rings. The number of anilines is 1. The zero-order valence-corrected chi connectivity index (χ0v) is 15.7. The van der Waals surface area contributed by atoms with Crippen LogP contribution in [0.25, 0.3) is 0 Å². The second-order valence-electron chi connectivity index (χ2n) is 6.67. The molecular weight excluding hydrogens is 367 g/mol. The Kier molecular flexibility index (Phi) is 6.23. The molecule has 1 atom stereocenters. The van der Waals surface area contributed by atoms with Gasteiger partial charge >= 0.3 is 0 Å². The highest BCUT2D eigenvalue weighted by molar-refractivity contribution is 7.91. The molecule has 1 unspecified atom stereocenters. The quantitative estimate of drug-likeness (QED) is 0.795. The Balaban J connectivity index is 1.96. The maximum atomic E-state index is 13.4. The summed E-state index contributed by atoms with van der Waals surface area (Å²) >= 11 is 0. The van der Waals surface area contributed by atoms with E-state index < -0.39 is 27.7 Å². The van der Waals surface area contributed by atoms with E-state index in [1.54, 1.807) is 54.6 Å². The van der Waals surface area contributed by atoms with Crippen LogP contribution in [0.4, 0.5) is 10.1 Å². The van der Waals surface area contributed by atoms with Gasteiger partial charge in [-0.25, -0.2) is 12.8 Å². The molecule has 3 rings (SSSR count). The van der Waals surface area contributed by atoms with Gasteiger partial charge in [-0.05, 0) is 61.7 Å². The largest absolute Gasteiger partial charge is 0.324 e. The number of rotatable bonds is 6. The minimum Gasteiger partial charge on any atom is -0.324 e. The van der Waals surface area contributed by atoms with E-state index in [-0.39, 0.29) is 5.92 Å². The number of alkyl halides is 1. The van der Waals surface area contributed by atoms with Crippen molar-refractivity contribution in [2.45, 2.75) is 23.0 Å². The van der Waals surface area contributed by atoms with E-state index in [0.717, 1.165) is 25.9 Å². The van der Waals surface area contributed by atoms with E-state index in [1.165, 1.54) is 0 Å². The average Bonchev–Trinajstić information content (AvgIpc) is 2.71. The molecule has 144 valence electrons. The van der Waals surface area contributed by atoms with Gasteiger partial charge in [-0.2, -0.15) is 0 Å². The van der Waals surface area contributed by atoms with Crippen LogP contribution in [0.2, 0.25) is 0 Å². The van der Waals surface area contributed by atoms with Crippen LogP contribution in [-0.4, -0.2) is 34.1 Å². The Morgan fingerprint density at radius 1 is 1.07 bits per heavy atom. The maximum Gasteiger partial charge on any atom is 0.255 e. The third kappa shape index (κ3) is 4.54. The van der Waals surface area contributed by atoms with Crippen molar-refractivity contribution in [2.24, 2.45) is 5.92 Å². The van der Waals surface area contributed by atoms with Crippen LogP contribution in [0.1, 0.15) is 23.7 Å². The van der Waals surface area contributed by atoms with Crippen LogP contribution in [0.15, 0.2) is 59.5 Å². The smallest absolute Gasteiger partial charge is 0.255 e. The predicted molar refractivity (Wildman–Crippen MR) is 103 cm³/mol. The fraction of sp³-hybridized carbons (Fsp3) is 0.350. The number of amides is 1. The zero-order chi connectivity index (χ0) is 19.3. The maximum absolute atomic E-state index is 13.4. The third-order valence-corrected chi connectivity index (χ3v) is 7.12. The summed E-state index contributed by atoms with van der Waals surface area (Å²) in [6, 6.07) is 15.2. The number of piperidine rings is 1. The lowest BCUT2D eigenvalue weighted by molar-refractivity contribution is -0.117. The average molecular weight is 390 g/mol. The molecule has 0 bridgehead atoms. The Labute approximate surface area is 158 Å². The molecule has 0 spiro atoms. The number of halogens is 1. The first-order valence-corrected chi connectivity index (χ1v) is 10.5. The van der Waals surface area contributed by atoms with Gasteiger partial charge in [0.2, 0.25) is 0 Å². The SMILES string of the molecule is O=C(CF)Nc1ccc(C(C2CCNCC2)S(=O)(=O)c2ccccc2)cc1. The number of nitrogens with one attached hydrogen (secondary N) is 2. The molecule has 1 heterocycles. The number of benzene rings is 2. The first-order chi connectivity index (χ1) is 13.0. The van der Waals surface area contributed by atoms with E-state index in [4.69, 9.17) is 0 Å². The van der Waals surface area contributed by atoms with Gasteiger partial charge in [0.1, 0.15) is 0 Å². The lowest BCUT2D eigenvalue weighted by atomic mass is 9.90. The van der Waals surface area contributed by atoms with E-state index in [1.807, 2.05) is 0 Å². The number of sulfone groups is 1. The summed E-state index contributed by atoms with van der Waals surface area (Å²) < 4.78 is 39.2. The molecular formula is C20H23FN2O3S. The Bertz CT molecular complexity index is 864. The van der Waals surface area contributed by atoms with Gasteiger partial charge in [0, 0.05) is 5.69 Å². The number of hydrogen-bond acceptors (Lipinski definition) is 4. The summed E-state index contributed by atoms with van der Waals surface area (Å²) in [6.07, 6.45) is 1.55. The monoisotopic (exact) mass is 390 g/mol. The van der Waals surface area contributed by atoms with Crippen molar-refractivity contribution in [1.29, 1.82) is 0 Å². The van der Waals surface area contributed by atoms with Crippen LogP contribution in [0, 0.1) is 5.92 Å². The van der Waals surface area contributed by atoms with E-state index in [2.05, 4.69) is 10.6 Å². The number of hydrogen-bond donors (Lipinski definition) is 2. The van der Waals surface area contributed by atoms with Gasteiger partial charge < -0.3 is 10.6 Å². The molecule has 2 aromatic rings. The lowest BCUT2D eigenvalue weighted by Gasteiger charge is -2.31. The molecule has 27 heavy (non-hydrogen) atoms. The molecule has 1 aliphatic heterocycles. The summed E-state index contributed by atoms with van der Waals surface area (Å²) in [4.78, 5) is 11.5. The number of carbonyl (C=O) groups excluding carboxylic acids is 1. The standard InChI is InChI=1S/C20H23FN2O3S/c21-14-19(24)23-17-8-6-15(7-9-17)20(16-10-12-22-13-11-16)27(25,26)18-4-2-1-3-5-18/h1-9,16,20,22H,10-14H2,(H,23,24). The van der Waals surface area contributed by atoms with Crippen molar-refractivity contribution in [2.75, 3.05) is 25.1 Å². The molecule has 0 saturated carbocycles. The fourth-order valence-electron chi connectivity index (χ4n) is 3.56. The second-order valence-corrected chi connectivity index (χ2v) is 8.74. The topological polar surface area (TPSA) is 75.3 Å². The molecule has 5 nitrogen and oxygen atoms in total. The summed E-state index contributed by atoms with van der Waals surface area (Å²) in [5.41, 5.74) is 1.13. The zero-order valence-electron chi connectivity index (χ0n) is 14.9. The normalized spacial score (nSPS) is 16.6. The Hall–Kier alpha value is -2.25. The van der Waals surface area contributed by atoms with Crippen LogP contribution in [0.3, 0.4) is 0 Å². The first kappa shape index (κ1) is 19.5. The van der Waals surface area contributed by atoms with Crippen molar-refractivity contribution >= 4 is 21.4 Å². The van der Waals surface area contributed by atoms with Crippen LogP contribution < -0.4 is 10.6 Å². The van der Waals surface area contributed by atoms with E-state index >= 15 is 0 Å². The molecule has 0 radical (unpaired) electrons.